The third-order valence-corrected chi connectivity index (χ3v) is 2.76. The molecule has 0 aliphatic heterocycles. The third-order valence-electron chi connectivity index (χ3n) is 2.76. The second kappa shape index (κ2) is 6.10. The van der Waals surface area contributed by atoms with Gasteiger partial charge in [0.05, 0.1) is 19.5 Å². The minimum atomic E-state index is -0.523. The van der Waals surface area contributed by atoms with E-state index in [0.717, 1.165) is 5.56 Å². The van der Waals surface area contributed by atoms with E-state index in [1.165, 1.54) is 31.6 Å². The number of benzene rings is 1. The van der Waals surface area contributed by atoms with Crippen LogP contribution in [-0.4, -0.2) is 30.1 Å². The molecule has 0 aliphatic carbocycles. The fourth-order valence-corrected chi connectivity index (χ4v) is 1.67. The van der Waals surface area contributed by atoms with E-state index in [-0.39, 0.29) is 11.5 Å². The van der Waals surface area contributed by atoms with E-state index >= 15 is 0 Å². The van der Waals surface area contributed by atoms with Crippen molar-refractivity contribution >= 4 is 11.8 Å². The van der Waals surface area contributed by atoms with Gasteiger partial charge in [0.2, 0.25) is 0 Å². The summed E-state index contributed by atoms with van der Waals surface area (Å²) in [6.07, 6.45) is 2.86. The molecule has 104 valence electrons. The molecule has 0 fully saturated rings. The largest absolute Gasteiger partial charge is 0.464 e. The van der Waals surface area contributed by atoms with Crippen LogP contribution < -0.4 is 4.90 Å². The van der Waals surface area contributed by atoms with Crippen molar-refractivity contribution < 1.29 is 13.9 Å². The molecule has 0 saturated heterocycles. The van der Waals surface area contributed by atoms with Gasteiger partial charge in [0.1, 0.15) is 11.6 Å². The number of hydrogen-bond donors (Lipinski definition) is 0. The van der Waals surface area contributed by atoms with Crippen LogP contribution in [0.2, 0.25) is 0 Å². The predicted octanol–water partition coefficient (Wildman–Crippen LogP) is 2.04. The number of nitrogens with zero attached hydrogens (tertiary/aromatic N) is 3. The van der Waals surface area contributed by atoms with Gasteiger partial charge >= 0.3 is 5.97 Å². The molecule has 6 heteroatoms. The van der Waals surface area contributed by atoms with E-state index in [0.29, 0.717) is 12.4 Å². The average molecular weight is 275 g/mol. The Kier molecular flexibility index (Phi) is 4.24. The molecular weight excluding hydrogens is 261 g/mol. The van der Waals surface area contributed by atoms with Crippen LogP contribution in [-0.2, 0) is 11.3 Å². The normalized spacial score (nSPS) is 10.2. The van der Waals surface area contributed by atoms with E-state index in [1.807, 2.05) is 11.9 Å². The maximum Gasteiger partial charge on any atom is 0.358 e. The fourth-order valence-electron chi connectivity index (χ4n) is 1.67. The van der Waals surface area contributed by atoms with Gasteiger partial charge in [0, 0.05) is 13.6 Å². The molecule has 5 nitrogen and oxygen atoms in total. The van der Waals surface area contributed by atoms with Crippen LogP contribution in [0.3, 0.4) is 0 Å². The second-order valence-electron chi connectivity index (χ2n) is 4.23. The SMILES string of the molecule is COC(=O)c1cnc(N(C)Cc2ccc(F)cc2)cn1. The Morgan fingerprint density at radius 3 is 2.50 bits per heavy atom. The molecular formula is C14H14FN3O2. The molecule has 0 aliphatic rings. The minimum absolute atomic E-state index is 0.159. The van der Waals surface area contributed by atoms with Gasteiger partial charge in [-0.3, -0.25) is 0 Å². The molecule has 0 amide bonds. The lowest BCUT2D eigenvalue weighted by Gasteiger charge is -2.17. The maximum absolute atomic E-state index is 12.8. The molecule has 1 aromatic carbocycles. The molecule has 1 heterocycles. The third kappa shape index (κ3) is 3.28. The van der Waals surface area contributed by atoms with Gasteiger partial charge < -0.3 is 9.64 Å². The van der Waals surface area contributed by atoms with Crippen molar-refractivity contribution in [2.45, 2.75) is 6.54 Å². The summed E-state index contributed by atoms with van der Waals surface area (Å²) < 4.78 is 17.4. The van der Waals surface area contributed by atoms with Crippen LogP contribution in [0.1, 0.15) is 16.1 Å². The lowest BCUT2D eigenvalue weighted by molar-refractivity contribution is 0.0593. The average Bonchev–Trinajstić information content (AvgIpc) is 2.49. The number of carbonyl (C=O) groups is 1. The molecule has 0 atom stereocenters. The van der Waals surface area contributed by atoms with E-state index in [2.05, 4.69) is 14.7 Å². The molecule has 0 N–H and O–H groups in total. The topological polar surface area (TPSA) is 55.3 Å². The maximum atomic E-state index is 12.8. The van der Waals surface area contributed by atoms with Gasteiger partial charge in [0.25, 0.3) is 0 Å². The first kappa shape index (κ1) is 13.9. The number of aromatic nitrogens is 2. The Labute approximate surface area is 116 Å². The Morgan fingerprint density at radius 2 is 1.95 bits per heavy atom. The lowest BCUT2D eigenvalue weighted by Crippen LogP contribution is -2.18. The summed E-state index contributed by atoms with van der Waals surface area (Å²) in [6.45, 7) is 0.562. The van der Waals surface area contributed by atoms with Crippen LogP contribution in [0.4, 0.5) is 10.2 Å². The number of rotatable bonds is 4. The molecule has 0 saturated carbocycles. The second-order valence-corrected chi connectivity index (χ2v) is 4.23. The molecule has 0 bridgehead atoms. The summed E-state index contributed by atoms with van der Waals surface area (Å²) in [6, 6.07) is 6.24. The summed E-state index contributed by atoms with van der Waals surface area (Å²) in [5.41, 5.74) is 1.11. The number of esters is 1. The zero-order valence-corrected chi connectivity index (χ0v) is 11.2. The quantitative estimate of drug-likeness (QED) is 0.799. The van der Waals surface area contributed by atoms with Gasteiger partial charge in [-0.2, -0.15) is 0 Å². The van der Waals surface area contributed by atoms with E-state index < -0.39 is 5.97 Å². The van der Waals surface area contributed by atoms with E-state index in [4.69, 9.17) is 0 Å². The Hall–Kier alpha value is -2.50. The van der Waals surface area contributed by atoms with E-state index in [1.54, 1.807) is 12.1 Å². The summed E-state index contributed by atoms with van der Waals surface area (Å²) in [7, 11) is 3.13. The van der Waals surface area contributed by atoms with Gasteiger partial charge in [-0.15, -0.1) is 0 Å². The number of hydrogen-bond acceptors (Lipinski definition) is 5. The number of methoxy groups -OCH3 is 1. The smallest absolute Gasteiger partial charge is 0.358 e. The van der Waals surface area contributed by atoms with Crippen molar-refractivity contribution in [3.63, 3.8) is 0 Å². The van der Waals surface area contributed by atoms with Gasteiger partial charge in [-0.1, -0.05) is 12.1 Å². The molecule has 0 radical (unpaired) electrons. The highest BCUT2D eigenvalue weighted by Crippen LogP contribution is 2.12. The highest BCUT2D eigenvalue weighted by molar-refractivity contribution is 5.86. The van der Waals surface area contributed by atoms with Crippen molar-refractivity contribution in [2.75, 3.05) is 19.1 Å². The van der Waals surface area contributed by atoms with Crippen molar-refractivity contribution in [3.05, 3.63) is 53.7 Å². The lowest BCUT2D eigenvalue weighted by atomic mass is 10.2. The number of ether oxygens (including phenoxy) is 1. The molecule has 0 unspecified atom stereocenters. The standard InChI is InChI=1S/C14H14FN3O2/c1-18(9-10-3-5-11(15)6-4-10)13-8-16-12(7-17-13)14(19)20-2/h3-8H,9H2,1-2H3. The number of anilines is 1. The molecule has 2 rings (SSSR count). The number of carbonyl (C=O) groups excluding carboxylic acids is 1. The predicted molar refractivity (Wildman–Crippen MR) is 71.9 cm³/mol. The minimum Gasteiger partial charge on any atom is -0.464 e. The molecule has 2 aromatic rings. The summed E-state index contributed by atoms with van der Waals surface area (Å²) in [5, 5.41) is 0. The zero-order chi connectivity index (χ0) is 14.5. The first-order valence-electron chi connectivity index (χ1n) is 5.96. The first-order chi connectivity index (χ1) is 9.60. The monoisotopic (exact) mass is 275 g/mol. The van der Waals surface area contributed by atoms with Crippen molar-refractivity contribution in [1.29, 1.82) is 0 Å². The van der Waals surface area contributed by atoms with E-state index in [9.17, 15) is 9.18 Å². The Morgan fingerprint density at radius 1 is 1.25 bits per heavy atom. The Bertz CT molecular complexity index is 584. The highest BCUT2D eigenvalue weighted by Gasteiger charge is 2.09. The fraction of sp³-hybridized carbons (Fsp3) is 0.214. The van der Waals surface area contributed by atoms with Crippen LogP contribution in [0, 0.1) is 5.82 Å². The highest BCUT2D eigenvalue weighted by atomic mass is 19.1. The first-order valence-corrected chi connectivity index (χ1v) is 5.96. The summed E-state index contributed by atoms with van der Waals surface area (Å²) in [4.78, 5) is 21.2. The van der Waals surface area contributed by atoms with Gasteiger partial charge in [0.15, 0.2) is 5.69 Å². The zero-order valence-electron chi connectivity index (χ0n) is 11.2. The molecule has 1 aromatic heterocycles. The van der Waals surface area contributed by atoms with Crippen molar-refractivity contribution in [3.8, 4) is 0 Å². The van der Waals surface area contributed by atoms with Gasteiger partial charge in [-0.25, -0.2) is 19.2 Å². The summed E-state index contributed by atoms with van der Waals surface area (Å²) >= 11 is 0. The van der Waals surface area contributed by atoms with Crippen LogP contribution in [0.15, 0.2) is 36.7 Å². The van der Waals surface area contributed by atoms with Crippen molar-refractivity contribution in [2.24, 2.45) is 0 Å². The Balaban J connectivity index is 2.07. The van der Waals surface area contributed by atoms with Crippen LogP contribution in [0.5, 0.6) is 0 Å². The van der Waals surface area contributed by atoms with Crippen LogP contribution >= 0.6 is 0 Å². The van der Waals surface area contributed by atoms with Crippen molar-refractivity contribution in [1.82, 2.24) is 9.97 Å². The van der Waals surface area contributed by atoms with Crippen LogP contribution in [0.25, 0.3) is 0 Å². The number of halogens is 1. The van der Waals surface area contributed by atoms with Gasteiger partial charge in [-0.05, 0) is 17.7 Å². The molecule has 0 spiro atoms. The molecule has 20 heavy (non-hydrogen) atoms. The summed E-state index contributed by atoms with van der Waals surface area (Å²) in [5.74, 6) is -0.175.